The molecule has 0 bridgehead atoms. The van der Waals surface area contributed by atoms with Gasteiger partial charge in [-0.05, 0) is 17.7 Å². The second-order valence-corrected chi connectivity index (χ2v) is 4.71. The third kappa shape index (κ3) is 3.51. The van der Waals surface area contributed by atoms with Crippen LogP contribution in [0.15, 0.2) is 22.7 Å². The van der Waals surface area contributed by atoms with Gasteiger partial charge in [-0.1, -0.05) is 37.9 Å². The van der Waals surface area contributed by atoms with E-state index in [4.69, 9.17) is 5.26 Å². The Hall–Kier alpha value is -0.530. The van der Waals surface area contributed by atoms with E-state index >= 15 is 0 Å². The average Bonchev–Trinajstić information content (AvgIpc) is 2.25. The van der Waals surface area contributed by atoms with Crippen molar-refractivity contribution in [1.29, 1.82) is 5.26 Å². The van der Waals surface area contributed by atoms with Gasteiger partial charge < -0.3 is 4.90 Å². The van der Waals surface area contributed by atoms with Crippen LogP contribution < -0.4 is 4.90 Å². The summed E-state index contributed by atoms with van der Waals surface area (Å²) in [7, 11) is 2.01. The van der Waals surface area contributed by atoms with Crippen LogP contribution >= 0.6 is 31.9 Å². The van der Waals surface area contributed by atoms with Gasteiger partial charge in [0.1, 0.15) is 0 Å². The van der Waals surface area contributed by atoms with E-state index in [-0.39, 0.29) is 0 Å². The van der Waals surface area contributed by atoms with Gasteiger partial charge in [0, 0.05) is 29.1 Å². The lowest BCUT2D eigenvalue weighted by Gasteiger charge is -2.21. The summed E-state index contributed by atoms with van der Waals surface area (Å²) in [5.74, 6) is 0. The van der Waals surface area contributed by atoms with E-state index in [2.05, 4.69) is 55.0 Å². The largest absolute Gasteiger partial charge is 0.373 e. The van der Waals surface area contributed by atoms with Gasteiger partial charge >= 0.3 is 0 Å². The first kappa shape index (κ1) is 12.5. The fraction of sp³-hybridized carbons (Fsp3) is 0.364. The summed E-state index contributed by atoms with van der Waals surface area (Å²) in [6, 6.07) is 8.34. The van der Waals surface area contributed by atoms with E-state index in [9.17, 15) is 0 Å². The Morgan fingerprint density at radius 1 is 1.47 bits per heavy atom. The van der Waals surface area contributed by atoms with Crippen LogP contribution in [0.4, 0.5) is 5.69 Å². The Morgan fingerprint density at radius 2 is 2.20 bits per heavy atom. The maximum absolute atomic E-state index is 8.55. The van der Waals surface area contributed by atoms with Crippen molar-refractivity contribution >= 4 is 37.5 Å². The highest BCUT2D eigenvalue weighted by atomic mass is 79.9. The van der Waals surface area contributed by atoms with E-state index in [0.29, 0.717) is 6.42 Å². The van der Waals surface area contributed by atoms with E-state index in [1.54, 1.807) is 0 Å². The fourth-order valence-corrected chi connectivity index (χ4v) is 2.17. The van der Waals surface area contributed by atoms with Gasteiger partial charge in [0.25, 0.3) is 0 Å². The normalized spacial score (nSPS) is 9.73. The molecule has 1 aromatic carbocycles. The zero-order valence-electron chi connectivity index (χ0n) is 8.50. The Bertz CT molecular complexity index is 371. The third-order valence-corrected chi connectivity index (χ3v) is 3.26. The molecule has 0 unspecified atom stereocenters. The number of hydrogen-bond donors (Lipinski definition) is 0. The standard InChI is InChI=1S/C11H12Br2N2/c1-15(6-2-5-14)11-7-10(13)4-3-9(11)8-12/h3-4,7H,2,6,8H2,1H3. The highest BCUT2D eigenvalue weighted by Crippen LogP contribution is 2.26. The van der Waals surface area contributed by atoms with Crippen LogP contribution in [0.5, 0.6) is 0 Å². The van der Waals surface area contributed by atoms with Crippen LogP contribution in [-0.4, -0.2) is 13.6 Å². The van der Waals surface area contributed by atoms with Crippen molar-refractivity contribution in [3.05, 3.63) is 28.2 Å². The highest BCUT2D eigenvalue weighted by Gasteiger charge is 2.06. The van der Waals surface area contributed by atoms with Gasteiger partial charge in [0.15, 0.2) is 0 Å². The van der Waals surface area contributed by atoms with Crippen molar-refractivity contribution in [2.75, 3.05) is 18.5 Å². The van der Waals surface area contributed by atoms with Crippen LogP contribution in [0, 0.1) is 11.3 Å². The molecule has 1 rings (SSSR count). The molecular formula is C11H12Br2N2. The quantitative estimate of drug-likeness (QED) is 0.787. The molecule has 0 saturated heterocycles. The molecule has 15 heavy (non-hydrogen) atoms. The lowest BCUT2D eigenvalue weighted by molar-refractivity contribution is 0.900. The van der Waals surface area contributed by atoms with E-state index < -0.39 is 0 Å². The van der Waals surface area contributed by atoms with Crippen molar-refractivity contribution in [2.45, 2.75) is 11.8 Å². The predicted molar refractivity (Wildman–Crippen MR) is 70.3 cm³/mol. The highest BCUT2D eigenvalue weighted by molar-refractivity contribution is 9.10. The lowest BCUT2D eigenvalue weighted by Crippen LogP contribution is -2.19. The molecule has 80 valence electrons. The molecule has 0 atom stereocenters. The number of halogens is 2. The number of hydrogen-bond acceptors (Lipinski definition) is 2. The number of alkyl halides is 1. The summed E-state index contributed by atoms with van der Waals surface area (Å²) < 4.78 is 1.06. The molecule has 0 aromatic heterocycles. The zero-order valence-corrected chi connectivity index (χ0v) is 11.7. The molecule has 0 aliphatic rings. The molecule has 0 radical (unpaired) electrons. The summed E-state index contributed by atoms with van der Waals surface area (Å²) in [5.41, 5.74) is 2.40. The SMILES string of the molecule is CN(CCC#N)c1cc(Br)ccc1CBr. The monoisotopic (exact) mass is 330 g/mol. The van der Waals surface area contributed by atoms with Crippen molar-refractivity contribution < 1.29 is 0 Å². The number of rotatable bonds is 4. The van der Waals surface area contributed by atoms with Crippen LogP contribution in [0.3, 0.4) is 0 Å². The molecule has 0 aliphatic heterocycles. The smallest absolute Gasteiger partial charge is 0.0640 e. The molecule has 0 spiro atoms. The molecule has 4 heteroatoms. The summed E-state index contributed by atoms with van der Waals surface area (Å²) in [6.45, 7) is 0.757. The van der Waals surface area contributed by atoms with Crippen LogP contribution in [0.2, 0.25) is 0 Å². The minimum atomic E-state index is 0.546. The van der Waals surface area contributed by atoms with E-state index in [0.717, 1.165) is 22.0 Å². The maximum atomic E-state index is 8.55. The minimum absolute atomic E-state index is 0.546. The summed E-state index contributed by atoms with van der Waals surface area (Å²) in [5, 5.41) is 9.37. The Kier molecular flexibility index (Phi) is 5.13. The Morgan fingerprint density at radius 3 is 2.80 bits per heavy atom. The van der Waals surface area contributed by atoms with Gasteiger partial charge in [-0.25, -0.2) is 0 Å². The van der Waals surface area contributed by atoms with Gasteiger partial charge in [-0.15, -0.1) is 0 Å². The second-order valence-electron chi connectivity index (χ2n) is 3.24. The molecular weight excluding hydrogens is 320 g/mol. The van der Waals surface area contributed by atoms with E-state index in [1.807, 2.05) is 13.1 Å². The fourth-order valence-electron chi connectivity index (χ4n) is 1.34. The first-order chi connectivity index (χ1) is 7.19. The first-order valence-electron chi connectivity index (χ1n) is 4.61. The Balaban J connectivity index is 2.90. The third-order valence-electron chi connectivity index (χ3n) is 2.16. The molecule has 0 heterocycles. The molecule has 0 fully saturated rings. The first-order valence-corrected chi connectivity index (χ1v) is 6.53. The minimum Gasteiger partial charge on any atom is -0.373 e. The van der Waals surface area contributed by atoms with Crippen LogP contribution in [0.1, 0.15) is 12.0 Å². The summed E-state index contributed by atoms with van der Waals surface area (Å²) in [6.07, 6.45) is 0.546. The van der Waals surface area contributed by atoms with Gasteiger partial charge in [0.05, 0.1) is 12.5 Å². The Labute approximate surface area is 107 Å². The lowest BCUT2D eigenvalue weighted by atomic mass is 10.2. The zero-order chi connectivity index (χ0) is 11.3. The molecule has 0 N–H and O–H groups in total. The molecule has 0 amide bonds. The maximum Gasteiger partial charge on any atom is 0.0640 e. The summed E-state index contributed by atoms with van der Waals surface area (Å²) >= 11 is 6.92. The van der Waals surface area contributed by atoms with Crippen LogP contribution in [-0.2, 0) is 5.33 Å². The van der Waals surface area contributed by atoms with Crippen molar-refractivity contribution in [1.82, 2.24) is 0 Å². The van der Waals surface area contributed by atoms with Crippen molar-refractivity contribution in [3.8, 4) is 6.07 Å². The van der Waals surface area contributed by atoms with E-state index in [1.165, 1.54) is 5.56 Å². The number of anilines is 1. The summed E-state index contributed by atoms with van der Waals surface area (Å²) in [4.78, 5) is 2.10. The molecule has 1 aromatic rings. The number of nitriles is 1. The molecule has 0 aliphatic carbocycles. The van der Waals surface area contributed by atoms with Crippen molar-refractivity contribution in [2.24, 2.45) is 0 Å². The van der Waals surface area contributed by atoms with Gasteiger partial charge in [-0.3, -0.25) is 0 Å². The molecule has 2 nitrogen and oxygen atoms in total. The number of benzene rings is 1. The topological polar surface area (TPSA) is 27.0 Å². The van der Waals surface area contributed by atoms with Crippen LogP contribution in [0.25, 0.3) is 0 Å². The van der Waals surface area contributed by atoms with Gasteiger partial charge in [0.2, 0.25) is 0 Å². The van der Waals surface area contributed by atoms with Crippen molar-refractivity contribution in [3.63, 3.8) is 0 Å². The average molecular weight is 332 g/mol. The molecule has 0 saturated carbocycles. The van der Waals surface area contributed by atoms with Gasteiger partial charge in [-0.2, -0.15) is 5.26 Å². The predicted octanol–water partition coefficient (Wildman–Crippen LogP) is 3.69. The second kappa shape index (κ2) is 6.14. The number of nitrogens with zero attached hydrogens (tertiary/aromatic N) is 2.